The summed E-state index contributed by atoms with van der Waals surface area (Å²) in [6.45, 7) is 2.69. The molecule has 6 heteroatoms. The van der Waals surface area contributed by atoms with E-state index < -0.39 is 0 Å². The average Bonchev–Trinajstić information content (AvgIpc) is 3.34. The minimum Gasteiger partial charge on any atom is -0.339 e. The Morgan fingerprint density at radius 3 is 2.61 bits per heavy atom. The molecule has 5 nitrogen and oxygen atoms in total. The van der Waals surface area contributed by atoms with E-state index in [0.717, 1.165) is 24.9 Å². The van der Waals surface area contributed by atoms with Gasteiger partial charge < -0.3 is 9.42 Å². The first-order valence-corrected chi connectivity index (χ1v) is 9.63. The highest BCUT2D eigenvalue weighted by atomic mass is 19.1. The van der Waals surface area contributed by atoms with Crippen LogP contribution in [0.1, 0.15) is 43.6 Å². The third-order valence-electron chi connectivity index (χ3n) is 5.09. The summed E-state index contributed by atoms with van der Waals surface area (Å²) in [5, 5.41) is 3.99. The number of anilines is 1. The van der Waals surface area contributed by atoms with Crippen molar-refractivity contribution in [2.45, 2.75) is 38.5 Å². The molecule has 4 rings (SSSR count). The second kappa shape index (κ2) is 7.92. The minimum absolute atomic E-state index is 0.0489. The minimum atomic E-state index is -0.315. The van der Waals surface area contributed by atoms with Gasteiger partial charge in [0.15, 0.2) is 0 Å². The lowest BCUT2D eigenvalue weighted by molar-refractivity contribution is -0.117. The number of hydrogen-bond donors (Lipinski definition) is 0. The van der Waals surface area contributed by atoms with Gasteiger partial charge in [0.1, 0.15) is 5.82 Å². The summed E-state index contributed by atoms with van der Waals surface area (Å²) < 4.78 is 18.5. The summed E-state index contributed by atoms with van der Waals surface area (Å²) in [6.07, 6.45) is 3.72. The SMILES string of the molecule is CCCCc1ccc(N2CC(c3nc(-c4ccc(F)cc4)no3)CC2=O)cc1. The van der Waals surface area contributed by atoms with Crippen LogP contribution in [0.3, 0.4) is 0 Å². The van der Waals surface area contributed by atoms with Crippen LogP contribution >= 0.6 is 0 Å². The van der Waals surface area contributed by atoms with Gasteiger partial charge in [-0.2, -0.15) is 4.98 Å². The zero-order chi connectivity index (χ0) is 19.5. The predicted octanol–water partition coefficient (Wildman–Crippen LogP) is 4.74. The molecule has 0 saturated carbocycles. The second-order valence-electron chi connectivity index (χ2n) is 7.14. The van der Waals surface area contributed by atoms with Gasteiger partial charge in [0.05, 0.1) is 5.92 Å². The number of nitrogens with zero attached hydrogens (tertiary/aromatic N) is 3. The maximum atomic E-state index is 13.1. The van der Waals surface area contributed by atoms with Gasteiger partial charge in [0, 0.05) is 24.2 Å². The molecule has 1 amide bonds. The summed E-state index contributed by atoms with van der Waals surface area (Å²) in [5.74, 6) is 0.433. The number of unbranched alkanes of at least 4 members (excludes halogenated alkanes) is 1. The van der Waals surface area contributed by atoms with Gasteiger partial charge >= 0.3 is 0 Å². The van der Waals surface area contributed by atoms with Crippen LogP contribution in [0.2, 0.25) is 0 Å². The quantitative estimate of drug-likeness (QED) is 0.621. The lowest BCUT2D eigenvalue weighted by Gasteiger charge is -2.16. The van der Waals surface area contributed by atoms with Crippen LogP contribution in [0, 0.1) is 5.82 Å². The molecule has 1 aliphatic rings. The predicted molar refractivity (Wildman–Crippen MR) is 104 cm³/mol. The van der Waals surface area contributed by atoms with Crippen molar-refractivity contribution in [3.8, 4) is 11.4 Å². The van der Waals surface area contributed by atoms with Gasteiger partial charge in [-0.3, -0.25) is 4.79 Å². The molecule has 0 spiro atoms. The van der Waals surface area contributed by atoms with Crippen molar-refractivity contribution < 1.29 is 13.7 Å². The summed E-state index contributed by atoms with van der Waals surface area (Å²) in [4.78, 5) is 18.7. The number of hydrogen-bond acceptors (Lipinski definition) is 4. The lowest BCUT2D eigenvalue weighted by atomic mass is 10.1. The van der Waals surface area contributed by atoms with Gasteiger partial charge in [-0.1, -0.05) is 30.6 Å². The molecule has 3 aromatic rings. The van der Waals surface area contributed by atoms with E-state index >= 15 is 0 Å². The molecule has 1 fully saturated rings. The highest BCUT2D eigenvalue weighted by molar-refractivity contribution is 5.96. The van der Waals surface area contributed by atoms with E-state index in [-0.39, 0.29) is 17.6 Å². The Labute approximate surface area is 163 Å². The fourth-order valence-corrected chi connectivity index (χ4v) is 3.46. The number of aryl methyl sites for hydroxylation is 1. The summed E-state index contributed by atoms with van der Waals surface area (Å²) >= 11 is 0. The Bertz CT molecular complexity index is 951. The van der Waals surface area contributed by atoms with Crippen molar-refractivity contribution in [2.24, 2.45) is 0 Å². The van der Waals surface area contributed by atoms with E-state index in [2.05, 4.69) is 29.2 Å². The monoisotopic (exact) mass is 379 g/mol. The first kappa shape index (κ1) is 18.3. The van der Waals surface area contributed by atoms with Crippen LogP contribution in [-0.4, -0.2) is 22.6 Å². The largest absolute Gasteiger partial charge is 0.339 e. The molecule has 2 aromatic carbocycles. The van der Waals surface area contributed by atoms with Gasteiger partial charge in [0.2, 0.25) is 17.6 Å². The second-order valence-corrected chi connectivity index (χ2v) is 7.14. The number of benzene rings is 2. The Morgan fingerprint density at radius 1 is 1.14 bits per heavy atom. The van der Waals surface area contributed by atoms with Crippen molar-refractivity contribution in [1.29, 1.82) is 0 Å². The van der Waals surface area contributed by atoms with Crippen molar-refractivity contribution >= 4 is 11.6 Å². The van der Waals surface area contributed by atoms with Crippen molar-refractivity contribution in [1.82, 2.24) is 10.1 Å². The first-order valence-electron chi connectivity index (χ1n) is 9.63. The molecule has 144 valence electrons. The average molecular weight is 379 g/mol. The molecule has 0 radical (unpaired) electrons. The molecule has 1 atom stereocenters. The summed E-state index contributed by atoms with van der Waals surface area (Å²) in [7, 11) is 0. The van der Waals surface area contributed by atoms with E-state index in [0.29, 0.717) is 30.2 Å². The maximum absolute atomic E-state index is 13.1. The van der Waals surface area contributed by atoms with E-state index in [4.69, 9.17) is 4.52 Å². The highest BCUT2D eigenvalue weighted by Gasteiger charge is 2.35. The molecule has 2 heterocycles. The Kier molecular flexibility index (Phi) is 5.19. The molecule has 1 saturated heterocycles. The number of carbonyl (C=O) groups excluding carboxylic acids is 1. The normalized spacial score (nSPS) is 16.7. The van der Waals surface area contributed by atoms with Crippen LogP contribution in [0.4, 0.5) is 10.1 Å². The standard InChI is InChI=1S/C22H22FN3O2/c1-2-3-4-15-5-11-19(12-6-15)26-14-17(13-20(26)27)22-24-21(25-28-22)16-7-9-18(23)10-8-16/h5-12,17H,2-4,13-14H2,1H3. The fourth-order valence-electron chi connectivity index (χ4n) is 3.46. The number of halogens is 1. The smallest absolute Gasteiger partial charge is 0.232 e. The molecule has 0 N–H and O–H groups in total. The van der Waals surface area contributed by atoms with Crippen LogP contribution in [0.25, 0.3) is 11.4 Å². The van der Waals surface area contributed by atoms with Gasteiger partial charge in [-0.25, -0.2) is 4.39 Å². The Hall–Kier alpha value is -3.02. The highest BCUT2D eigenvalue weighted by Crippen LogP contribution is 2.32. The van der Waals surface area contributed by atoms with Crippen LogP contribution in [0.15, 0.2) is 53.1 Å². The van der Waals surface area contributed by atoms with Gasteiger partial charge in [0.25, 0.3) is 0 Å². The third-order valence-corrected chi connectivity index (χ3v) is 5.09. The molecular formula is C22H22FN3O2. The zero-order valence-corrected chi connectivity index (χ0v) is 15.8. The molecule has 0 aliphatic carbocycles. The number of carbonyl (C=O) groups is 1. The molecular weight excluding hydrogens is 357 g/mol. The first-order chi connectivity index (χ1) is 13.6. The fraction of sp³-hybridized carbons (Fsp3) is 0.318. The van der Waals surface area contributed by atoms with Crippen LogP contribution < -0.4 is 4.90 Å². The summed E-state index contributed by atoms with van der Waals surface area (Å²) in [6, 6.07) is 14.1. The molecule has 28 heavy (non-hydrogen) atoms. The van der Waals surface area contributed by atoms with Crippen LogP contribution in [0.5, 0.6) is 0 Å². The van der Waals surface area contributed by atoms with E-state index in [1.807, 2.05) is 12.1 Å². The van der Waals surface area contributed by atoms with Gasteiger partial charge in [-0.05, 0) is 54.8 Å². The number of rotatable bonds is 6. The lowest BCUT2D eigenvalue weighted by Crippen LogP contribution is -2.24. The Balaban J connectivity index is 1.47. The zero-order valence-electron chi connectivity index (χ0n) is 15.8. The molecule has 1 aliphatic heterocycles. The van der Waals surface area contributed by atoms with Gasteiger partial charge in [-0.15, -0.1) is 0 Å². The third kappa shape index (κ3) is 3.81. The molecule has 1 aromatic heterocycles. The Morgan fingerprint density at radius 2 is 1.89 bits per heavy atom. The topological polar surface area (TPSA) is 59.2 Å². The van der Waals surface area contributed by atoms with E-state index in [1.54, 1.807) is 17.0 Å². The van der Waals surface area contributed by atoms with Crippen LogP contribution in [-0.2, 0) is 11.2 Å². The van der Waals surface area contributed by atoms with E-state index in [1.165, 1.54) is 17.7 Å². The van der Waals surface area contributed by atoms with Crippen molar-refractivity contribution in [3.05, 3.63) is 65.8 Å². The summed E-state index contributed by atoms with van der Waals surface area (Å²) in [5.41, 5.74) is 2.86. The van der Waals surface area contributed by atoms with Crippen molar-refractivity contribution in [2.75, 3.05) is 11.4 Å². The van der Waals surface area contributed by atoms with Crippen molar-refractivity contribution in [3.63, 3.8) is 0 Å². The number of amides is 1. The number of aromatic nitrogens is 2. The maximum Gasteiger partial charge on any atom is 0.232 e. The molecule has 1 unspecified atom stereocenters. The molecule has 0 bridgehead atoms. The van der Waals surface area contributed by atoms with E-state index in [9.17, 15) is 9.18 Å².